The van der Waals surface area contributed by atoms with Gasteiger partial charge in [0.15, 0.2) is 0 Å². The zero-order chi connectivity index (χ0) is 22.1. The van der Waals surface area contributed by atoms with E-state index in [1.807, 2.05) is 19.2 Å². The lowest BCUT2D eigenvalue weighted by Crippen LogP contribution is -2.46. The highest BCUT2D eigenvalue weighted by Crippen LogP contribution is 2.37. The topological polar surface area (TPSA) is 90.2 Å². The molecule has 1 saturated heterocycles. The van der Waals surface area contributed by atoms with E-state index in [1.165, 1.54) is 5.69 Å². The van der Waals surface area contributed by atoms with Crippen molar-refractivity contribution in [3.63, 3.8) is 0 Å². The number of hydrogen-bond donors (Lipinski definition) is 2. The second kappa shape index (κ2) is 8.47. The smallest absolute Gasteiger partial charge is 0.221 e. The molecule has 2 aromatic heterocycles. The molecule has 1 aliphatic rings. The van der Waals surface area contributed by atoms with E-state index in [2.05, 4.69) is 78.2 Å². The molecule has 8 heteroatoms. The van der Waals surface area contributed by atoms with Crippen LogP contribution in [0, 0.1) is 6.92 Å². The minimum Gasteiger partial charge on any atom is -0.369 e. The first-order valence-corrected chi connectivity index (χ1v) is 11.0. The molecule has 8 nitrogen and oxygen atoms in total. The quantitative estimate of drug-likeness (QED) is 0.499. The number of nitrogens with one attached hydrogen (secondary N) is 1. The molecule has 1 fully saturated rings. The number of nitrogens with two attached hydrogens (primary N) is 1. The minimum absolute atomic E-state index is 0.255. The lowest BCUT2D eigenvalue weighted by atomic mass is 10.1. The van der Waals surface area contributed by atoms with E-state index in [-0.39, 0.29) is 5.95 Å². The average Bonchev–Trinajstić information content (AvgIpc) is 3.30. The van der Waals surface area contributed by atoms with Gasteiger partial charge in [-0.3, -0.25) is 10.00 Å². The van der Waals surface area contributed by atoms with Crippen molar-refractivity contribution in [1.29, 1.82) is 0 Å². The molecule has 0 saturated carbocycles. The molecule has 1 aliphatic heterocycles. The molecule has 2 aromatic carbocycles. The van der Waals surface area contributed by atoms with Crippen molar-refractivity contribution in [2.45, 2.75) is 13.8 Å². The molecule has 5 rings (SSSR count). The van der Waals surface area contributed by atoms with Crippen LogP contribution in [0.4, 0.5) is 28.8 Å². The molecule has 4 aromatic rings. The van der Waals surface area contributed by atoms with Gasteiger partial charge in [-0.25, -0.2) is 4.98 Å². The van der Waals surface area contributed by atoms with Crippen molar-refractivity contribution < 1.29 is 0 Å². The van der Waals surface area contributed by atoms with Crippen molar-refractivity contribution in [3.8, 4) is 0 Å². The fourth-order valence-corrected chi connectivity index (χ4v) is 4.27. The van der Waals surface area contributed by atoms with Gasteiger partial charge in [-0.15, -0.1) is 0 Å². The summed E-state index contributed by atoms with van der Waals surface area (Å²) in [6.07, 6.45) is 3.60. The van der Waals surface area contributed by atoms with Crippen molar-refractivity contribution in [3.05, 3.63) is 60.4 Å². The number of hydrogen-bond acceptors (Lipinski definition) is 7. The van der Waals surface area contributed by atoms with Gasteiger partial charge < -0.3 is 15.5 Å². The zero-order valence-electron chi connectivity index (χ0n) is 18.5. The molecule has 3 N–H and O–H groups in total. The minimum atomic E-state index is 0.255. The fourth-order valence-electron chi connectivity index (χ4n) is 4.27. The molecule has 0 spiro atoms. The van der Waals surface area contributed by atoms with E-state index in [4.69, 9.17) is 5.73 Å². The van der Waals surface area contributed by atoms with Crippen molar-refractivity contribution >= 4 is 39.7 Å². The van der Waals surface area contributed by atoms with Gasteiger partial charge in [0, 0.05) is 60.4 Å². The number of benzene rings is 2. The van der Waals surface area contributed by atoms with Crippen LogP contribution in [0.1, 0.15) is 12.5 Å². The van der Waals surface area contributed by atoms with Crippen molar-refractivity contribution in [2.75, 3.05) is 48.3 Å². The van der Waals surface area contributed by atoms with Gasteiger partial charge in [-0.1, -0.05) is 6.92 Å². The van der Waals surface area contributed by atoms with E-state index in [0.717, 1.165) is 66.4 Å². The van der Waals surface area contributed by atoms with Gasteiger partial charge >= 0.3 is 0 Å². The number of nitrogens with zero attached hydrogens (tertiary/aromatic N) is 6. The Bertz CT molecular complexity index is 1210. The molecule has 0 bridgehead atoms. The SMILES string of the molecule is CCN1CCN(c2ccc(N(c3ccc4[nH]ncc4c3)c3nc(N)ncc3C)cc2)CC1. The van der Waals surface area contributed by atoms with Gasteiger partial charge in [0.1, 0.15) is 5.82 Å². The molecule has 0 amide bonds. The Morgan fingerprint density at radius 1 is 1.00 bits per heavy atom. The Balaban J connectivity index is 1.52. The lowest BCUT2D eigenvalue weighted by molar-refractivity contribution is 0.271. The molecular formula is C24H28N8. The van der Waals surface area contributed by atoms with Crippen LogP contribution in [0.3, 0.4) is 0 Å². The number of nitrogen functional groups attached to an aromatic ring is 1. The summed E-state index contributed by atoms with van der Waals surface area (Å²) in [6, 6.07) is 14.9. The van der Waals surface area contributed by atoms with Crippen LogP contribution >= 0.6 is 0 Å². The Labute approximate surface area is 187 Å². The van der Waals surface area contributed by atoms with Crippen LogP contribution in [-0.2, 0) is 0 Å². The van der Waals surface area contributed by atoms with Crippen molar-refractivity contribution in [2.24, 2.45) is 0 Å². The maximum atomic E-state index is 5.97. The van der Waals surface area contributed by atoms with Gasteiger partial charge in [0.25, 0.3) is 0 Å². The summed E-state index contributed by atoms with van der Waals surface area (Å²) in [4.78, 5) is 15.8. The summed E-state index contributed by atoms with van der Waals surface area (Å²) in [6.45, 7) is 9.65. The number of aryl methyl sites for hydroxylation is 1. The number of H-pyrrole nitrogens is 1. The number of aromatic nitrogens is 4. The third-order valence-corrected chi connectivity index (χ3v) is 6.15. The average molecular weight is 429 g/mol. The predicted octanol–water partition coefficient (Wildman–Crippen LogP) is 3.86. The number of anilines is 5. The molecule has 0 atom stereocenters. The Morgan fingerprint density at radius 2 is 1.75 bits per heavy atom. The summed E-state index contributed by atoms with van der Waals surface area (Å²) < 4.78 is 0. The molecular weight excluding hydrogens is 400 g/mol. The van der Waals surface area contributed by atoms with Crippen LogP contribution < -0.4 is 15.5 Å². The van der Waals surface area contributed by atoms with Gasteiger partial charge in [0.2, 0.25) is 5.95 Å². The number of likely N-dealkylation sites (N-methyl/N-ethyl adjacent to an activating group) is 1. The summed E-state index contributed by atoms with van der Waals surface area (Å²) in [5.41, 5.74) is 11.2. The Kier molecular flexibility index (Phi) is 5.36. The first-order chi connectivity index (χ1) is 15.6. The highest BCUT2D eigenvalue weighted by atomic mass is 15.3. The van der Waals surface area contributed by atoms with Gasteiger partial charge in [0.05, 0.1) is 11.7 Å². The predicted molar refractivity (Wildman–Crippen MR) is 130 cm³/mol. The van der Waals surface area contributed by atoms with Gasteiger partial charge in [-0.2, -0.15) is 10.1 Å². The number of piperazine rings is 1. The third kappa shape index (κ3) is 3.85. The maximum absolute atomic E-state index is 5.97. The molecule has 164 valence electrons. The first-order valence-electron chi connectivity index (χ1n) is 11.0. The van der Waals surface area contributed by atoms with E-state index in [1.54, 1.807) is 6.20 Å². The van der Waals surface area contributed by atoms with E-state index in [9.17, 15) is 0 Å². The Hall–Kier alpha value is -3.65. The molecule has 0 aliphatic carbocycles. The largest absolute Gasteiger partial charge is 0.369 e. The highest BCUT2D eigenvalue weighted by molar-refractivity contribution is 5.86. The monoisotopic (exact) mass is 428 g/mol. The van der Waals surface area contributed by atoms with E-state index in [0.29, 0.717) is 0 Å². The number of aromatic amines is 1. The molecule has 0 radical (unpaired) electrons. The summed E-state index contributed by atoms with van der Waals surface area (Å²) in [7, 11) is 0. The van der Waals surface area contributed by atoms with E-state index >= 15 is 0 Å². The van der Waals surface area contributed by atoms with Crippen LogP contribution in [-0.4, -0.2) is 57.8 Å². The van der Waals surface area contributed by atoms with Crippen LogP contribution in [0.5, 0.6) is 0 Å². The second-order valence-electron chi connectivity index (χ2n) is 8.15. The standard InChI is InChI=1S/C24H28N8/c1-3-30-10-12-31(13-11-30)19-4-6-20(7-5-19)32(23-17(2)15-26-24(25)28-23)21-8-9-22-18(14-21)16-27-29-22/h4-9,14-16H,3,10-13H2,1-2H3,(H,27,29)(H2,25,26,28). The molecule has 0 unspecified atom stereocenters. The third-order valence-electron chi connectivity index (χ3n) is 6.15. The number of rotatable bonds is 5. The second-order valence-corrected chi connectivity index (χ2v) is 8.15. The zero-order valence-corrected chi connectivity index (χ0v) is 18.5. The first kappa shape index (κ1) is 20.3. The van der Waals surface area contributed by atoms with Crippen molar-refractivity contribution in [1.82, 2.24) is 25.1 Å². The van der Waals surface area contributed by atoms with Crippen LogP contribution in [0.25, 0.3) is 10.9 Å². The molecule has 3 heterocycles. The van der Waals surface area contributed by atoms with Crippen LogP contribution in [0.15, 0.2) is 54.9 Å². The summed E-state index contributed by atoms with van der Waals surface area (Å²) in [5, 5.41) is 8.21. The van der Waals surface area contributed by atoms with Crippen LogP contribution in [0.2, 0.25) is 0 Å². The fraction of sp³-hybridized carbons (Fsp3) is 0.292. The Morgan fingerprint density at radius 3 is 2.50 bits per heavy atom. The van der Waals surface area contributed by atoms with E-state index < -0.39 is 0 Å². The lowest BCUT2D eigenvalue weighted by Gasteiger charge is -2.35. The highest BCUT2D eigenvalue weighted by Gasteiger charge is 2.19. The van der Waals surface area contributed by atoms with Gasteiger partial charge in [-0.05, 0) is 55.9 Å². The summed E-state index contributed by atoms with van der Waals surface area (Å²) in [5.74, 6) is 1.02. The normalized spacial score (nSPS) is 14.8. The summed E-state index contributed by atoms with van der Waals surface area (Å²) >= 11 is 0. The molecule has 32 heavy (non-hydrogen) atoms. The maximum Gasteiger partial charge on any atom is 0.221 e. The number of fused-ring (bicyclic) bond motifs is 1.